The molecule has 0 N–H and O–H groups in total. The SMILES string of the molecule is c1cc2c(o1)c1c3c4ccsc4c4ccoc4c3c3c4ccsc4c4ccoc4c3c1c1ccsc21. The Morgan fingerprint density at radius 2 is 0.694 bits per heavy atom. The average molecular weight is 517 g/mol. The Hall–Kier alpha value is -3.84. The quantitative estimate of drug-likeness (QED) is 0.188. The summed E-state index contributed by atoms with van der Waals surface area (Å²) >= 11 is 5.30. The summed E-state index contributed by atoms with van der Waals surface area (Å²) in [7, 11) is 0. The zero-order chi connectivity index (χ0) is 23.1. The molecule has 6 aromatic heterocycles. The number of hydrogen-bond acceptors (Lipinski definition) is 6. The predicted molar refractivity (Wildman–Crippen MR) is 154 cm³/mol. The maximum Gasteiger partial charge on any atom is 0.143 e. The van der Waals surface area contributed by atoms with Crippen LogP contribution in [0.25, 0.3) is 95.5 Å². The number of thiophene rings is 3. The van der Waals surface area contributed by atoms with E-state index in [-0.39, 0.29) is 0 Å². The number of rotatable bonds is 0. The van der Waals surface area contributed by atoms with Crippen molar-refractivity contribution in [3.63, 3.8) is 0 Å². The Balaban J connectivity index is 1.78. The van der Waals surface area contributed by atoms with Crippen molar-refractivity contribution < 1.29 is 13.3 Å². The largest absolute Gasteiger partial charge is 0.464 e. The van der Waals surface area contributed by atoms with Gasteiger partial charge in [0.1, 0.15) is 16.7 Å². The highest BCUT2D eigenvalue weighted by molar-refractivity contribution is 7.19. The molecule has 10 aromatic rings. The summed E-state index contributed by atoms with van der Waals surface area (Å²) in [5.41, 5.74) is 2.78. The molecule has 6 heterocycles. The Morgan fingerprint density at radius 1 is 0.361 bits per heavy atom. The molecular weight excluding hydrogens is 505 g/mol. The van der Waals surface area contributed by atoms with Crippen LogP contribution >= 0.6 is 34.0 Å². The van der Waals surface area contributed by atoms with Gasteiger partial charge in [0, 0.05) is 78.7 Å². The fourth-order valence-corrected chi connectivity index (χ4v) is 9.20. The molecule has 0 unspecified atom stereocenters. The third kappa shape index (κ3) is 1.90. The van der Waals surface area contributed by atoms with Gasteiger partial charge in [-0.15, -0.1) is 34.0 Å². The van der Waals surface area contributed by atoms with Gasteiger partial charge in [-0.3, -0.25) is 0 Å². The third-order valence-electron chi connectivity index (χ3n) is 7.71. The van der Waals surface area contributed by atoms with E-state index in [0.29, 0.717) is 0 Å². The first-order valence-corrected chi connectivity index (χ1v) is 14.3. The van der Waals surface area contributed by atoms with Gasteiger partial charge < -0.3 is 13.3 Å². The van der Waals surface area contributed by atoms with E-state index in [4.69, 9.17) is 13.3 Å². The molecule has 0 spiro atoms. The highest BCUT2D eigenvalue weighted by atomic mass is 32.1. The van der Waals surface area contributed by atoms with Gasteiger partial charge in [0.15, 0.2) is 0 Å². The van der Waals surface area contributed by atoms with Crippen molar-refractivity contribution >= 4 is 129 Å². The number of hydrogen-bond donors (Lipinski definition) is 0. The molecule has 0 aliphatic heterocycles. The van der Waals surface area contributed by atoms with E-state index in [2.05, 4.69) is 52.5 Å². The normalized spacial score (nSPS) is 13.0. The minimum atomic E-state index is 0.926. The lowest BCUT2D eigenvalue weighted by atomic mass is 9.87. The molecule has 168 valence electrons. The Kier molecular flexibility index (Phi) is 3.12. The molecule has 0 bridgehead atoms. The van der Waals surface area contributed by atoms with E-state index in [1.54, 1.807) is 34.0 Å². The van der Waals surface area contributed by atoms with Crippen LogP contribution in [0.1, 0.15) is 0 Å². The topological polar surface area (TPSA) is 39.4 Å². The van der Waals surface area contributed by atoms with Crippen molar-refractivity contribution in [2.24, 2.45) is 0 Å². The summed E-state index contributed by atoms with van der Waals surface area (Å²) < 4.78 is 22.6. The van der Waals surface area contributed by atoms with Gasteiger partial charge in [-0.25, -0.2) is 0 Å². The zero-order valence-electron chi connectivity index (χ0n) is 18.4. The summed E-state index contributed by atoms with van der Waals surface area (Å²) in [5.74, 6) is 0. The van der Waals surface area contributed by atoms with E-state index >= 15 is 0 Å². The highest BCUT2D eigenvalue weighted by Gasteiger charge is 2.26. The summed E-state index contributed by atoms with van der Waals surface area (Å²) in [6, 6.07) is 13.1. The maximum absolute atomic E-state index is 6.30. The van der Waals surface area contributed by atoms with Gasteiger partial charge in [0.25, 0.3) is 0 Å². The number of benzene rings is 4. The van der Waals surface area contributed by atoms with E-state index in [1.807, 2.05) is 18.8 Å². The minimum Gasteiger partial charge on any atom is -0.464 e. The minimum absolute atomic E-state index is 0.926. The van der Waals surface area contributed by atoms with Crippen molar-refractivity contribution in [3.8, 4) is 0 Å². The van der Waals surface area contributed by atoms with E-state index in [0.717, 1.165) is 49.1 Å². The lowest BCUT2D eigenvalue weighted by Crippen LogP contribution is -1.88. The second kappa shape index (κ2) is 6.10. The standard InChI is InChI=1S/C30H12O3S3/c1-7-31-25-16(1)28-13(4-10-34-28)19-22(25)20-14-5-11-35-29(14)18-3-9-33-27(18)24(20)21-15-6-12-36-30(15)17-2-8-32-26(17)23(19)21/h1-12H. The summed E-state index contributed by atoms with van der Waals surface area (Å²) in [4.78, 5) is 0. The predicted octanol–water partition coefficient (Wildman–Crippen LogP) is 11.0. The van der Waals surface area contributed by atoms with Crippen molar-refractivity contribution in [1.29, 1.82) is 0 Å². The first-order valence-electron chi connectivity index (χ1n) is 11.6. The molecule has 0 fully saturated rings. The van der Waals surface area contributed by atoms with Crippen molar-refractivity contribution in [1.82, 2.24) is 0 Å². The molecule has 36 heavy (non-hydrogen) atoms. The molecule has 0 radical (unpaired) electrons. The average Bonchev–Trinajstić information content (AvgIpc) is 3.73. The van der Waals surface area contributed by atoms with Gasteiger partial charge in [0.2, 0.25) is 0 Å². The van der Waals surface area contributed by atoms with E-state index in [1.165, 1.54) is 46.4 Å². The maximum atomic E-state index is 6.30. The lowest BCUT2D eigenvalue weighted by molar-refractivity contribution is 0.619. The summed E-state index contributed by atoms with van der Waals surface area (Å²) in [6.45, 7) is 0. The van der Waals surface area contributed by atoms with Crippen LogP contribution in [0.4, 0.5) is 0 Å². The van der Waals surface area contributed by atoms with Gasteiger partial charge in [-0.1, -0.05) is 0 Å². The van der Waals surface area contributed by atoms with Crippen LogP contribution in [-0.2, 0) is 0 Å². The molecular formula is C30H12O3S3. The van der Waals surface area contributed by atoms with Crippen LogP contribution in [0.2, 0.25) is 0 Å². The van der Waals surface area contributed by atoms with Gasteiger partial charge in [0.05, 0.1) is 18.8 Å². The number of furan rings is 3. The molecule has 6 heteroatoms. The molecule has 4 aromatic carbocycles. The Bertz CT molecular complexity index is 2050. The van der Waals surface area contributed by atoms with Crippen molar-refractivity contribution in [3.05, 3.63) is 71.3 Å². The van der Waals surface area contributed by atoms with Gasteiger partial charge in [-0.05, 0) is 52.5 Å². The fraction of sp³-hybridized carbons (Fsp3) is 0. The van der Waals surface area contributed by atoms with Crippen LogP contribution in [0.3, 0.4) is 0 Å². The zero-order valence-corrected chi connectivity index (χ0v) is 20.8. The molecule has 0 saturated heterocycles. The molecule has 10 rings (SSSR count). The first kappa shape index (κ1) is 18.4. The van der Waals surface area contributed by atoms with E-state index in [9.17, 15) is 0 Å². The fourth-order valence-electron chi connectivity index (χ4n) is 6.43. The van der Waals surface area contributed by atoms with Crippen molar-refractivity contribution in [2.75, 3.05) is 0 Å². The van der Waals surface area contributed by atoms with Gasteiger partial charge >= 0.3 is 0 Å². The molecule has 0 amide bonds. The van der Waals surface area contributed by atoms with E-state index < -0.39 is 0 Å². The molecule has 0 aliphatic rings. The molecule has 0 atom stereocenters. The Labute approximate surface area is 213 Å². The first-order chi connectivity index (χ1) is 17.9. The van der Waals surface area contributed by atoms with Crippen LogP contribution in [0.15, 0.2) is 84.6 Å². The molecule has 3 nitrogen and oxygen atoms in total. The van der Waals surface area contributed by atoms with Crippen LogP contribution in [0.5, 0.6) is 0 Å². The van der Waals surface area contributed by atoms with Crippen LogP contribution in [0, 0.1) is 0 Å². The second-order valence-corrected chi connectivity index (χ2v) is 12.0. The monoisotopic (exact) mass is 516 g/mol. The van der Waals surface area contributed by atoms with Crippen LogP contribution in [-0.4, -0.2) is 0 Å². The second-order valence-electron chi connectivity index (χ2n) is 9.23. The van der Waals surface area contributed by atoms with Gasteiger partial charge in [-0.2, -0.15) is 0 Å². The van der Waals surface area contributed by atoms with Crippen molar-refractivity contribution in [2.45, 2.75) is 0 Å². The molecule has 0 aliphatic carbocycles. The van der Waals surface area contributed by atoms with Crippen LogP contribution < -0.4 is 0 Å². The lowest BCUT2D eigenvalue weighted by Gasteiger charge is -2.15. The third-order valence-corrected chi connectivity index (χ3v) is 10.6. The highest BCUT2D eigenvalue weighted by Crippen LogP contribution is 2.54. The Morgan fingerprint density at radius 3 is 1.03 bits per heavy atom. The molecule has 0 saturated carbocycles. The summed E-state index contributed by atoms with van der Waals surface area (Å²) in [6.07, 6.45) is 5.46. The smallest absolute Gasteiger partial charge is 0.143 e. The number of fused-ring (bicyclic) bond motifs is 21. The summed E-state index contributed by atoms with van der Waals surface area (Å²) in [5, 5.41) is 20.7.